The second kappa shape index (κ2) is 7.81. The third-order valence-electron chi connectivity index (χ3n) is 4.41. The molecule has 3 N–H and O–H groups in total. The lowest BCUT2D eigenvalue weighted by Gasteiger charge is -2.42. The smallest absolute Gasteiger partial charge is 0.0691 e. The first-order chi connectivity index (χ1) is 8.69. The Labute approximate surface area is 113 Å². The summed E-state index contributed by atoms with van der Waals surface area (Å²) in [7, 11) is 0. The molecule has 0 aromatic heterocycles. The zero-order chi connectivity index (χ0) is 13.4. The van der Waals surface area contributed by atoms with Crippen molar-refractivity contribution in [3.8, 4) is 12.3 Å². The first-order valence-electron chi connectivity index (χ1n) is 7.63. The SMILES string of the molecule is C#CC(CCC)NC1(CN)CCC(CCC)CC1. The molecule has 0 aromatic rings. The minimum absolute atomic E-state index is 0.108. The maximum atomic E-state index is 6.03. The molecule has 18 heavy (non-hydrogen) atoms. The molecule has 0 saturated heterocycles. The van der Waals surface area contributed by atoms with Gasteiger partial charge >= 0.3 is 0 Å². The maximum Gasteiger partial charge on any atom is 0.0691 e. The van der Waals surface area contributed by atoms with Crippen LogP contribution in [0.3, 0.4) is 0 Å². The Hall–Kier alpha value is -0.520. The third kappa shape index (κ3) is 4.30. The van der Waals surface area contributed by atoms with E-state index in [2.05, 4.69) is 25.1 Å². The Morgan fingerprint density at radius 3 is 2.44 bits per heavy atom. The van der Waals surface area contributed by atoms with Gasteiger partial charge in [0.1, 0.15) is 0 Å². The summed E-state index contributed by atoms with van der Waals surface area (Å²) >= 11 is 0. The molecule has 0 aromatic carbocycles. The first-order valence-corrected chi connectivity index (χ1v) is 7.63. The molecule has 2 nitrogen and oxygen atoms in total. The summed E-state index contributed by atoms with van der Waals surface area (Å²) in [6.45, 7) is 5.17. The Morgan fingerprint density at radius 2 is 2.00 bits per heavy atom. The van der Waals surface area contributed by atoms with Crippen molar-refractivity contribution >= 4 is 0 Å². The minimum atomic E-state index is 0.108. The molecule has 1 unspecified atom stereocenters. The average Bonchev–Trinajstić information content (AvgIpc) is 2.41. The van der Waals surface area contributed by atoms with Crippen LogP contribution in [0.1, 0.15) is 65.2 Å². The predicted molar refractivity (Wildman–Crippen MR) is 79.3 cm³/mol. The number of hydrogen-bond donors (Lipinski definition) is 2. The van der Waals surface area contributed by atoms with Crippen molar-refractivity contribution in [2.24, 2.45) is 11.7 Å². The summed E-state index contributed by atoms with van der Waals surface area (Å²) in [4.78, 5) is 0. The van der Waals surface area contributed by atoms with Crippen LogP contribution < -0.4 is 11.1 Å². The maximum absolute atomic E-state index is 6.03. The van der Waals surface area contributed by atoms with Gasteiger partial charge in [-0.25, -0.2) is 0 Å². The lowest BCUT2D eigenvalue weighted by atomic mass is 9.74. The van der Waals surface area contributed by atoms with E-state index in [0.717, 1.165) is 18.8 Å². The molecule has 1 atom stereocenters. The highest BCUT2D eigenvalue weighted by Crippen LogP contribution is 2.34. The lowest BCUT2D eigenvalue weighted by molar-refractivity contribution is 0.178. The van der Waals surface area contributed by atoms with Crippen LogP contribution in [0.2, 0.25) is 0 Å². The lowest BCUT2D eigenvalue weighted by Crippen LogP contribution is -2.56. The van der Waals surface area contributed by atoms with E-state index in [0.29, 0.717) is 6.54 Å². The van der Waals surface area contributed by atoms with Crippen LogP contribution >= 0.6 is 0 Å². The fourth-order valence-corrected chi connectivity index (χ4v) is 3.19. The van der Waals surface area contributed by atoms with Crippen LogP contribution in [0.5, 0.6) is 0 Å². The number of rotatable bonds is 7. The van der Waals surface area contributed by atoms with Gasteiger partial charge in [-0.3, -0.25) is 5.32 Å². The van der Waals surface area contributed by atoms with Crippen molar-refractivity contribution in [2.45, 2.75) is 76.8 Å². The van der Waals surface area contributed by atoms with E-state index in [1.165, 1.54) is 38.5 Å². The highest BCUT2D eigenvalue weighted by molar-refractivity contribution is 5.05. The minimum Gasteiger partial charge on any atom is -0.329 e. The normalized spacial score (nSPS) is 29.8. The van der Waals surface area contributed by atoms with Gasteiger partial charge in [0, 0.05) is 12.1 Å². The molecule has 2 heteroatoms. The van der Waals surface area contributed by atoms with E-state index in [-0.39, 0.29) is 11.6 Å². The van der Waals surface area contributed by atoms with E-state index in [1.807, 2.05) is 0 Å². The van der Waals surface area contributed by atoms with Crippen molar-refractivity contribution < 1.29 is 0 Å². The molecular formula is C16H30N2. The molecule has 1 rings (SSSR count). The van der Waals surface area contributed by atoms with Gasteiger partial charge in [0.2, 0.25) is 0 Å². The van der Waals surface area contributed by atoms with Gasteiger partial charge in [-0.15, -0.1) is 6.42 Å². The number of terminal acetylenes is 1. The van der Waals surface area contributed by atoms with Crippen molar-refractivity contribution in [1.29, 1.82) is 0 Å². The van der Waals surface area contributed by atoms with Crippen molar-refractivity contribution in [3.05, 3.63) is 0 Å². The highest BCUT2D eigenvalue weighted by atomic mass is 15.0. The van der Waals surface area contributed by atoms with Crippen LogP contribution in [0, 0.1) is 18.3 Å². The van der Waals surface area contributed by atoms with Gasteiger partial charge in [-0.1, -0.05) is 39.0 Å². The average molecular weight is 250 g/mol. The summed E-state index contributed by atoms with van der Waals surface area (Å²) in [6, 6.07) is 0.196. The van der Waals surface area contributed by atoms with Gasteiger partial charge in [0.05, 0.1) is 6.04 Å². The highest BCUT2D eigenvalue weighted by Gasteiger charge is 2.34. The predicted octanol–water partition coefficient (Wildman–Crippen LogP) is 3.07. The van der Waals surface area contributed by atoms with Gasteiger partial charge in [0.15, 0.2) is 0 Å². The van der Waals surface area contributed by atoms with Crippen LogP contribution in [-0.4, -0.2) is 18.1 Å². The number of hydrogen-bond acceptors (Lipinski definition) is 2. The van der Waals surface area contributed by atoms with E-state index < -0.39 is 0 Å². The summed E-state index contributed by atoms with van der Waals surface area (Å²) in [5.41, 5.74) is 6.13. The summed E-state index contributed by atoms with van der Waals surface area (Å²) < 4.78 is 0. The van der Waals surface area contributed by atoms with E-state index in [1.54, 1.807) is 0 Å². The Morgan fingerprint density at radius 1 is 1.33 bits per heavy atom. The molecule has 0 heterocycles. The molecule has 1 fully saturated rings. The molecule has 1 saturated carbocycles. The second-order valence-corrected chi connectivity index (χ2v) is 5.87. The Balaban J connectivity index is 2.52. The fraction of sp³-hybridized carbons (Fsp3) is 0.875. The Bertz CT molecular complexity index is 259. The largest absolute Gasteiger partial charge is 0.329 e. The third-order valence-corrected chi connectivity index (χ3v) is 4.41. The monoisotopic (exact) mass is 250 g/mol. The quantitative estimate of drug-likeness (QED) is 0.682. The van der Waals surface area contributed by atoms with Crippen molar-refractivity contribution in [2.75, 3.05) is 6.54 Å². The zero-order valence-corrected chi connectivity index (χ0v) is 12.2. The van der Waals surface area contributed by atoms with Crippen LogP contribution in [0.4, 0.5) is 0 Å². The van der Waals surface area contributed by atoms with Crippen LogP contribution in [0.15, 0.2) is 0 Å². The van der Waals surface area contributed by atoms with Crippen molar-refractivity contribution in [3.63, 3.8) is 0 Å². The van der Waals surface area contributed by atoms with E-state index in [4.69, 9.17) is 12.2 Å². The van der Waals surface area contributed by atoms with E-state index >= 15 is 0 Å². The standard InChI is InChI=1S/C16H30N2/c1-4-7-14-9-11-16(13-17,12-10-14)18-15(6-3)8-5-2/h3,14-15,18H,4-5,7-13,17H2,1-2H3. The molecule has 104 valence electrons. The first kappa shape index (κ1) is 15.5. The summed E-state index contributed by atoms with van der Waals surface area (Å²) in [5.74, 6) is 3.79. The molecule has 1 aliphatic rings. The van der Waals surface area contributed by atoms with E-state index in [9.17, 15) is 0 Å². The summed E-state index contributed by atoms with van der Waals surface area (Å²) in [6.07, 6.45) is 15.5. The topological polar surface area (TPSA) is 38.0 Å². The number of nitrogens with one attached hydrogen (secondary N) is 1. The van der Waals surface area contributed by atoms with Gasteiger partial charge < -0.3 is 5.73 Å². The summed E-state index contributed by atoms with van der Waals surface area (Å²) in [5, 5.41) is 3.67. The molecule has 0 amide bonds. The molecule has 0 radical (unpaired) electrons. The van der Waals surface area contributed by atoms with Crippen LogP contribution in [0.25, 0.3) is 0 Å². The molecular weight excluding hydrogens is 220 g/mol. The second-order valence-electron chi connectivity index (χ2n) is 5.87. The molecule has 0 spiro atoms. The van der Waals surface area contributed by atoms with Gasteiger partial charge in [0.25, 0.3) is 0 Å². The molecule has 0 aliphatic heterocycles. The Kier molecular flexibility index (Phi) is 6.75. The van der Waals surface area contributed by atoms with Crippen LogP contribution in [-0.2, 0) is 0 Å². The van der Waals surface area contributed by atoms with Crippen molar-refractivity contribution in [1.82, 2.24) is 5.32 Å². The molecule has 0 bridgehead atoms. The molecule has 1 aliphatic carbocycles. The fourth-order valence-electron chi connectivity index (χ4n) is 3.19. The number of nitrogens with two attached hydrogens (primary N) is 1. The van der Waals surface area contributed by atoms with Gasteiger partial charge in [-0.2, -0.15) is 0 Å². The zero-order valence-electron chi connectivity index (χ0n) is 12.2. The van der Waals surface area contributed by atoms with Gasteiger partial charge in [-0.05, 0) is 38.0 Å².